The van der Waals surface area contributed by atoms with Gasteiger partial charge in [-0.1, -0.05) is 0 Å². The summed E-state index contributed by atoms with van der Waals surface area (Å²) in [6, 6.07) is 5.13. The van der Waals surface area contributed by atoms with Gasteiger partial charge in [-0.15, -0.1) is 11.8 Å². The molecule has 0 aromatic heterocycles. The number of anilines is 1. The Bertz CT molecular complexity index is 445. The lowest BCUT2D eigenvalue weighted by Crippen LogP contribution is -2.10. The van der Waals surface area contributed by atoms with E-state index in [-0.39, 0.29) is 11.9 Å². The standard InChI is InChI=1S/C11H11NO3S/c1-15-11(14)7-2-3-8-9(6-7)16-5-4-10(13)12-8/h2-3,6H,4-5H2,1H3,(H,12,13). The second kappa shape index (κ2) is 4.57. The van der Waals surface area contributed by atoms with Gasteiger partial charge in [-0.05, 0) is 18.2 Å². The quantitative estimate of drug-likeness (QED) is 0.758. The summed E-state index contributed by atoms with van der Waals surface area (Å²) in [5, 5.41) is 2.79. The normalized spacial score (nSPS) is 14.7. The lowest BCUT2D eigenvalue weighted by Gasteiger charge is -2.07. The van der Waals surface area contributed by atoms with Gasteiger partial charge in [0.05, 0.1) is 18.4 Å². The van der Waals surface area contributed by atoms with Gasteiger partial charge in [-0.2, -0.15) is 0 Å². The number of hydrogen-bond acceptors (Lipinski definition) is 4. The van der Waals surface area contributed by atoms with Gasteiger partial charge in [0.2, 0.25) is 5.91 Å². The number of hydrogen-bond donors (Lipinski definition) is 1. The Morgan fingerprint density at radius 3 is 3.06 bits per heavy atom. The van der Waals surface area contributed by atoms with E-state index < -0.39 is 0 Å². The molecule has 1 aromatic carbocycles. The zero-order chi connectivity index (χ0) is 11.5. The van der Waals surface area contributed by atoms with Crippen LogP contribution in [0.4, 0.5) is 5.69 Å². The van der Waals surface area contributed by atoms with Crippen LogP contribution in [0.5, 0.6) is 0 Å². The van der Waals surface area contributed by atoms with E-state index in [1.54, 1.807) is 30.0 Å². The average Bonchev–Trinajstić information content (AvgIpc) is 2.47. The molecule has 1 aliphatic heterocycles. The van der Waals surface area contributed by atoms with Gasteiger partial charge >= 0.3 is 5.97 Å². The zero-order valence-corrected chi connectivity index (χ0v) is 9.60. The number of thioether (sulfide) groups is 1. The molecule has 5 heteroatoms. The molecule has 0 unspecified atom stereocenters. The van der Waals surface area contributed by atoms with E-state index in [2.05, 4.69) is 10.1 Å². The molecule has 1 N–H and O–H groups in total. The molecule has 0 spiro atoms. The van der Waals surface area contributed by atoms with Gasteiger partial charge in [0.1, 0.15) is 0 Å². The highest BCUT2D eigenvalue weighted by Crippen LogP contribution is 2.31. The number of carbonyl (C=O) groups is 2. The van der Waals surface area contributed by atoms with E-state index in [1.807, 2.05) is 0 Å². The minimum atomic E-state index is -0.362. The highest BCUT2D eigenvalue weighted by molar-refractivity contribution is 7.99. The number of nitrogens with one attached hydrogen (secondary N) is 1. The second-order valence-electron chi connectivity index (χ2n) is 3.35. The molecule has 1 aromatic rings. The van der Waals surface area contributed by atoms with Crippen LogP contribution in [0, 0.1) is 0 Å². The molecule has 0 saturated heterocycles. The summed E-state index contributed by atoms with van der Waals surface area (Å²) in [6.45, 7) is 0. The van der Waals surface area contributed by atoms with Crippen LogP contribution in [-0.4, -0.2) is 24.7 Å². The summed E-state index contributed by atoms with van der Waals surface area (Å²) in [4.78, 5) is 23.5. The summed E-state index contributed by atoms with van der Waals surface area (Å²) < 4.78 is 4.64. The van der Waals surface area contributed by atoms with Crippen LogP contribution in [0.15, 0.2) is 23.1 Å². The number of rotatable bonds is 1. The highest BCUT2D eigenvalue weighted by Gasteiger charge is 2.15. The monoisotopic (exact) mass is 237 g/mol. The maximum absolute atomic E-state index is 11.3. The summed E-state index contributed by atoms with van der Waals surface area (Å²) >= 11 is 1.56. The summed E-state index contributed by atoms with van der Waals surface area (Å²) in [6.07, 6.45) is 0.493. The topological polar surface area (TPSA) is 55.4 Å². The maximum Gasteiger partial charge on any atom is 0.337 e. The summed E-state index contributed by atoms with van der Waals surface area (Å²) in [5.41, 5.74) is 1.27. The molecule has 16 heavy (non-hydrogen) atoms. The maximum atomic E-state index is 11.3. The molecule has 0 atom stereocenters. The van der Waals surface area contributed by atoms with Crippen LogP contribution < -0.4 is 5.32 Å². The van der Waals surface area contributed by atoms with Gasteiger partial charge in [0.15, 0.2) is 0 Å². The van der Waals surface area contributed by atoms with Gasteiger partial charge in [-0.25, -0.2) is 4.79 Å². The molecule has 4 nitrogen and oxygen atoms in total. The average molecular weight is 237 g/mol. The fourth-order valence-electron chi connectivity index (χ4n) is 1.46. The predicted molar refractivity (Wildman–Crippen MR) is 61.8 cm³/mol. The van der Waals surface area contributed by atoms with Crippen molar-refractivity contribution in [3.8, 4) is 0 Å². The van der Waals surface area contributed by atoms with Crippen molar-refractivity contribution < 1.29 is 14.3 Å². The number of methoxy groups -OCH3 is 1. The van der Waals surface area contributed by atoms with Crippen molar-refractivity contribution >= 4 is 29.3 Å². The Morgan fingerprint density at radius 1 is 1.50 bits per heavy atom. The van der Waals surface area contributed by atoms with E-state index in [4.69, 9.17) is 0 Å². The first-order chi connectivity index (χ1) is 7.70. The minimum Gasteiger partial charge on any atom is -0.465 e. The Hall–Kier alpha value is -1.49. The third kappa shape index (κ3) is 2.19. The van der Waals surface area contributed by atoms with E-state index in [0.717, 1.165) is 16.3 Å². The van der Waals surface area contributed by atoms with Crippen molar-refractivity contribution in [2.45, 2.75) is 11.3 Å². The Balaban J connectivity index is 2.35. The highest BCUT2D eigenvalue weighted by atomic mass is 32.2. The second-order valence-corrected chi connectivity index (χ2v) is 4.49. The molecule has 0 bridgehead atoms. The molecule has 0 fully saturated rings. The molecule has 1 heterocycles. The predicted octanol–water partition coefficient (Wildman–Crippen LogP) is 1.91. The fourth-order valence-corrected chi connectivity index (χ4v) is 2.45. The minimum absolute atomic E-state index is 0.0112. The molecular formula is C11H11NO3S. The fraction of sp³-hybridized carbons (Fsp3) is 0.273. The third-order valence-corrected chi connectivity index (χ3v) is 3.32. The first-order valence-corrected chi connectivity index (χ1v) is 5.84. The number of esters is 1. The lowest BCUT2D eigenvalue weighted by atomic mass is 10.2. The largest absolute Gasteiger partial charge is 0.465 e. The molecular weight excluding hydrogens is 226 g/mol. The van der Waals surface area contributed by atoms with Crippen molar-refractivity contribution in [1.82, 2.24) is 0 Å². The molecule has 0 aliphatic carbocycles. The van der Waals surface area contributed by atoms with Gasteiger partial charge in [0, 0.05) is 17.1 Å². The summed E-state index contributed by atoms with van der Waals surface area (Å²) in [7, 11) is 1.35. The number of carbonyl (C=O) groups excluding carboxylic acids is 2. The number of amides is 1. The lowest BCUT2D eigenvalue weighted by molar-refractivity contribution is -0.115. The third-order valence-electron chi connectivity index (χ3n) is 2.26. The van der Waals surface area contributed by atoms with Crippen LogP contribution in [-0.2, 0) is 9.53 Å². The van der Waals surface area contributed by atoms with Crippen LogP contribution in [0.3, 0.4) is 0 Å². The van der Waals surface area contributed by atoms with Crippen LogP contribution in [0.25, 0.3) is 0 Å². The van der Waals surface area contributed by atoms with Crippen LogP contribution >= 0.6 is 11.8 Å². The van der Waals surface area contributed by atoms with Gasteiger partial charge < -0.3 is 10.1 Å². The first kappa shape index (κ1) is 11.0. The van der Waals surface area contributed by atoms with Crippen LogP contribution in [0.1, 0.15) is 16.8 Å². The van der Waals surface area contributed by atoms with Crippen molar-refractivity contribution in [2.75, 3.05) is 18.2 Å². The molecule has 1 aliphatic rings. The van der Waals surface area contributed by atoms with E-state index in [0.29, 0.717) is 12.0 Å². The Labute approximate surface area is 97.4 Å². The van der Waals surface area contributed by atoms with Crippen molar-refractivity contribution in [1.29, 1.82) is 0 Å². The molecule has 1 amide bonds. The number of benzene rings is 1. The van der Waals surface area contributed by atoms with Gasteiger partial charge in [-0.3, -0.25) is 4.79 Å². The van der Waals surface area contributed by atoms with E-state index in [1.165, 1.54) is 7.11 Å². The number of ether oxygens (including phenoxy) is 1. The van der Waals surface area contributed by atoms with E-state index >= 15 is 0 Å². The SMILES string of the molecule is COC(=O)c1ccc2c(c1)SCCC(=O)N2. The first-order valence-electron chi connectivity index (χ1n) is 4.86. The van der Waals surface area contributed by atoms with Crippen molar-refractivity contribution in [3.05, 3.63) is 23.8 Å². The molecule has 0 radical (unpaired) electrons. The van der Waals surface area contributed by atoms with E-state index in [9.17, 15) is 9.59 Å². The molecule has 2 rings (SSSR count). The molecule has 84 valence electrons. The molecule has 0 saturated carbocycles. The van der Waals surface area contributed by atoms with Crippen molar-refractivity contribution in [3.63, 3.8) is 0 Å². The summed E-state index contributed by atoms with van der Waals surface area (Å²) in [5.74, 6) is 0.375. The van der Waals surface area contributed by atoms with Gasteiger partial charge in [0.25, 0.3) is 0 Å². The number of fused-ring (bicyclic) bond motifs is 1. The van der Waals surface area contributed by atoms with Crippen LogP contribution in [0.2, 0.25) is 0 Å². The Kier molecular flexibility index (Phi) is 3.14. The van der Waals surface area contributed by atoms with Crippen molar-refractivity contribution in [2.24, 2.45) is 0 Å². The smallest absolute Gasteiger partial charge is 0.337 e. The Morgan fingerprint density at radius 2 is 2.31 bits per heavy atom. The zero-order valence-electron chi connectivity index (χ0n) is 8.78.